The summed E-state index contributed by atoms with van der Waals surface area (Å²) in [5.41, 5.74) is 4.47. The van der Waals surface area contributed by atoms with Gasteiger partial charge in [0, 0.05) is 52.6 Å². The molecule has 0 radical (unpaired) electrons. The maximum atomic E-state index is 13.0. The lowest BCUT2D eigenvalue weighted by Crippen LogP contribution is -2.38. The Bertz CT molecular complexity index is 1570. The number of para-hydroxylation sites is 1. The number of Topliss-reactive ketones (excluding diaryl/α,β-unsaturated/α-hetero) is 1. The summed E-state index contributed by atoms with van der Waals surface area (Å²) >= 11 is 12.8. The molecular weight excluding hydrogens is 571 g/mol. The van der Waals surface area contributed by atoms with Gasteiger partial charge in [-0.3, -0.25) is 9.69 Å². The lowest BCUT2D eigenvalue weighted by atomic mass is 10.1. The average molecular weight is 602 g/mol. The summed E-state index contributed by atoms with van der Waals surface area (Å²) in [6.45, 7) is 4.89. The van der Waals surface area contributed by atoms with Gasteiger partial charge in [-0.1, -0.05) is 59.6 Å². The number of amidine groups is 1. The van der Waals surface area contributed by atoms with Gasteiger partial charge in [0.15, 0.2) is 17.8 Å². The Morgan fingerprint density at radius 1 is 0.857 bits per heavy atom. The number of ether oxygens (including phenoxy) is 2. The van der Waals surface area contributed by atoms with Gasteiger partial charge in [0.2, 0.25) is 0 Å². The highest BCUT2D eigenvalue weighted by Gasteiger charge is 2.39. The summed E-state index contributed by atoms with van der Waals surface area (Å²) in [6.07, 6.45) is -0.437. The smallest absolute Gasteiger partial charge is 0.198 e. The van der Waals surface area contributed by atoms with Gasteiger partial charge in [0.25, 0.3) is 0 Å². The second-order valence-corrected chi connectivity index (χ2v) is 10.9. The van der Waals surface area contributed by atoms with E-state index in [4.69, 9.17) is 37.8 Å². The standard InChI is InChI=1S/C33H30Cl2N4O3/c1-23(40)32-36-39(27-8-3-2-4-9-27)33(38(32)26-15-13-25(14-16-26)37-17-19-41-20-18-37)24-7-5-10-28(21-24)42-22-29-30(34)11-6-12-31(29)35/h2-16,21,33H,17-20,22H2,1H3/t33-/m1/s1. The third-order valence-corrected chi connectivity index (χ3v) is 8.06. The van der Waals surface area contributed by atoms with E-state index in [9.17, 15) is 4.79 Å². The van der Waals surface area contributed by atoms with Crippen molar-refractivity contribution in [1.82, 2.24) is 0 Å². The monoisotopic (exact) mass is 600 g/mol. The third-order valence-electron chi connectivity index (χ3n) is 7.35. The molecule has 2 aliphatic rings. The van der Waals surface area contributed by atoms with Gasteiger partial charge in [-0.2, -0.15) is 0 Å². The Kier molecular flexibility index (Phi) is 8.33. The predicted molar refractivity (Wildman–Crippen MR) is 169 cm³/mol. The molecule has 0 saturated carbocycles. The minimum absolute atomic E-state index is 0.128. The van der Waals surface area contributed by atoms with Crippen LogP contribution in [-0.2, 0) is 16.1 Å². The number of ketones is 1. The molecule has 1 saturated heterocycles. The number of benzene rings is 4. The Labute approximate surface area is 255 Å². The van der Waals surface area contributed by atoms with E-state index in [1.165, 1.54) is 0 Å². The number of hydrogen-bond donors (Lipinski definition) is 0. The predicted octanol–water partition coefficient (Wildman–Crippen LogP) is 7.34. The van der Waals surface area contributed by atoms with Gasteiger partial charge < -0.3 is 14.4 Å². The van der Waals surface area contributed by atoms with Crippen LogP contribution in [0.3, 0.4) is 0 Å². The topological polar surface area (TPSA) is 57.6 Å². The van der Waals surface area contributed by atoms with Crippen molar-refractivity contribution < 1.29 is 14.3 Å². The zero-order chi connectivity index (χ0) is 29.1. The molecule has 0 aromatic heterocycles. The first kappa shape index (κ1) is 28.1. The zero-order valence-electron chi connectivity index (χ0n) is 23.1. The molecule has 4 aromatic carbocycles. The summed E-state index contributed by atoms with van der Waals surface area (Å²) < 4.78 is 11.7. The van der Waals surface area contributed by atoms with Crippen molar-refractivity contribution in [3.8, 4) is 5.75 Å². The molecule has 0 spiro atoms. The number of anilines is 3. The van der Waals surface area contributed by atoms with E-state index < -0.39 is 6.17 Å². The van der Waals surface area contributed by atoms with Gasteiger partial charge in [-0.05, 0) is 60.7 Å². The first-order chi connectivity index (χ1) is 20.5. The highest BCUT2D eigenvalue weighted by atomic mass is 35.5. The van der Waals surface area contributed by atoms with E-state index in [2.05, 4.69) is 17.0 Å². The third kappa shape index (κ3) is 5.81. The van der Waals surface area contributed by atoms with Crippen molar-refractivity contribution in [3.05, 3.63) is 118 Å². The first-order valence-electron chi connectivity index (χ1n) is 13.8. The van der Waals surface area contributed by atoms with E-state index in [1.54, 1.807) is 19.1 Å². The van der Waals surface area contributed by atoms with E-state index in [1.807, 2.05) is 82.7 Å². The number of hydrazone groups is 1. The molecule has 0 amide bonds. The van der Waals surface area contributed by atoms with E-state index in [-0.39, 0.29) is 12.4 Å². The Balaban J connectivity index is 1.37. The van der Waals surface area contributed by atoms with Gasteiger partial charge >= 0.3 is 0 Å². The molecule has 0 bridgehead atoms. The fourth-order valence-electron chi connectivity index (χ4n) is 5.24. The number of morpholine rings is 1. The highest BCUT2D eigenvalue weighted by molar-refractivity contribution is 6.44. The molecule has 6 rings (SSSR count). The molecule has 4 aromatic rings. The number of rotatable bonds is 8. The van der Waals surface area contributed by atoms with E-state index in [0.29, 0.717) is 34.8 Å². The average Bonchev–Trinajstić information content (AvgIpc) is 3.43. The van der Waals surface area contributed by atoms with Crippen molar-refractivity contribution >= 4 is 51.9 Å². The van der Waals surface area contributed by atoms with E-state index >= 15 is 0 Å². The molecule has 2 aliphatic heterocycles. The molecule has 7 nitrogen and oxygen atoms in total. The van der Waals surface area contributed by atoms with Crippen LogP contribution in [0.25, 0.3) is 0 Å². The van der Waals surface area contributed by atoms with Crippen molar-refractivity contribution in [2.75, 3.05) is 41.1 Å². The van der Waals surface area contributed by atoms with Crippen LogP contribution >= 0.6 is 23.2 Å². The molecule has 0 aliphatic carbocycles. The normalized spacial score (nSPS) is 16.9. The highest BCUT2D eigenvalue weighted by Crippen LogP contribution is 2.40. The largest absolute Gasteiger partial charge is 0.489 e. The minimum atomic E-state index is -0.437. The lowest BCUT2D eigenvalue weighted by molar-refractivity contribution is -0.111. The Morgan fingerprint density at radius 2 is 1.52 bits per heavy atom. The van der Waals surface area contributed by atoms with Gasteiger partial charge in [0.05, 0.1) is 18.9 Å². The van der Waals surface area contributed by atoms with Crippen LogP contribution in [0.4, 0.5) is 17.1 Å². The van der Waals surface area contributed by atoms with Crippen molar-refractivity contribution in [2.24, 2.45) is 5.10 Å². The summed E-state index contributed by atoms with van der Waals surface area (Å²) in [5.74, 6) is 0.879. The number of carbonyl (C=O) groups excluding carboxylic acids is 1. The first-order valence-corrected chi connectivity index (χ1v) is 14.6. The van der Waals surface area contributed by atoms with Crippen LogP contribution in [0, 0.1) is 0 Å². The molecule has 2 heterocycles. The minimum Gasteiger partial charge on any atom is -0.489 e. The van der Waals surface area contributed by atoms with Crippen LogP contribution in [-0.4, -0.2) is 37.9 Å². The van der Waals surface area contributed by atoms with Crippen LogP contribution in [0.15, 0.2) is 102 Å². The summed E-state index contributed by atoms with van der Waals surface area (Å²) in [6, 6.07) is 31.3. The van der Waals surface area contributed by atoms with E-state index in [0.717, 1.165) is 41.3 Å². The summed E-state index contributed by atoms with van der Waals surface area (Å²) in [5, 5.41) is 7.84. The van der Waals surface area contributed by atoms with Crippen molar-refractivity contribution in [3.63, 3.8) is 0 Å². The fourth-order valence-corrected chi connectivity index (χ4v) is 5.75. The number of halogens is 2. The van der Waals surface area contributed by atoms with Crippen molar-refractivity contribution in [2.45, 2.75) is 19.7 Å². The molecule has 1 atom stereocenters. The molecule has 0 N–H and O–H groups in total. The molecular formula is C33H30Cl2N4O3. The molecule has 1 fully saturated rings. The van der Waals surface area contributed by atoms with Gasteiger partial charge in [0.1, 0.15) is 12.4 Å². The summed E-state index contributed by atoms with van der Waals surface area (Å²) in [7, 11) is 0. The Morgan fingerprint density at radius 3 is 2.21 bits per heavy atom. The second kappa shape index (κ2) is 12.4. The number of nitrogens with zero attached hydrogens (tertiary/aromatic N) is 4. The molecule has 9 heteroatoms. The summed E-state index contributed by atoms with van der Waals surface area (Å²) in [4.78, 5) is 17.3. The fraction of sp³-hybridized carbons (Fsp3) is 0.212. The molecule has 0 unspecified atom stereocenters. The zero-order valence-corrected chi connectivity index (χ0v) is 24.6. The quantitative estimate of drug-likeness (QED) is 0.211. The maximum absolute atomic E-state index is 13.0. The Hall–Kier alpha value is -4.04. The van der Waals surface area contributed by atoms with Crippen molar-refractivity contribution in [1.29, 1.82) is 0 Å². The molecule has 42 heavy (non-hydrogen) atoms. The lowest BCUT2D eigenvalue weighted by Gasteiger charge is -2.33. The molecule has 214 valence electrons. The van der Waals surface area contributed by atoms with Crippen LogP contribution < -0.4 is 19.5 Å². The van der Waals surface area contributed by atoms with Gasteiger partial charge in [-0.25, -0.2) is 5.01 Å². The van der Waals surface area contributed by atoms with Crippen LogP contribution in [0.1, 0.15) is 24.2 Å². The number of hydrogen-bond acceptors (Lipinski definition) is 7. The van der Waals surface area contributed by atoms with Gasteiger partial charge in [-0.15, -0.1) is 5.10 Å². The number of carbonyl (C=O) groups is 1. The SMILES string of the molecule is CC(=O)C1=NN(c2ccccc2)[C@H](c2cccc(OCc3c(Cl)cccc3Cl)c2)N1c1ccc(N2CCOCC2)cc1. The van der Waals surface area contributed by atoms with Crippen LogP contribution in [0.2, 0.25) is 10.0 Å². The van der Waals surface area contributed by atoms with Crippen LogP contribution in [0.5, 0.6) is 5.75 Å². The second-order valence-electron chi connectivity index (χ2n) is 10.1. The maximum Gasteiger partial charge on any atom is 0.198 e.